The lowest BCUT2D eigenvalue weighted by atomic mass is 10.2. The first kappa shape index (κ1) is 13.6. The fourth-order valence-electron chi connectivity index (χ4n) is 1.41. The van der Waals surface area contributed by atoms with Gasteiger partial charge in [-0.05, 0) is 38.4 Å². The van der Waals surface area contributed by atoms with E-state index >= 15 is 0 Å². The van der Waals surface area contributed by atoms with E-state index in [1.54, 1.807) is 0 Å². The number of aromatic nitrogens is 1. The van der Waals surface area contributed by atoms with Crippen LogP contribution in [0.15, 0.2) is 18.3 Å². The molecule has 0 spiro atoms. The van der Waals surface area contributed by atoms with E-state index < -0.39 is 0 Å². The van der Waals surface area contributed by atoms with Crippen molar-refractivity contribution in [2.24, 2.45) is 0 Å². The third-order valence-corrected chi connectivity index (χ3v) is 2.32. The summed E-state index contributed by atoms with van der Waals surface area (Å²) in [6.07, 6.45) is 3.13. The molecule has 1 aromatic heterocycles. The minimum absolute atomic E-state index is 0.122. The average Bonchev–Trinajstić information content (AvgIpc) is 2.31. The molecule has 0 saturated carbocycles. The summed E-state index contributed by atoms with van der Waals surface area (Å²) >= 11 is 0. The van der Waals surface area contributed by atoms with Gasteiger partial charge in [-0.25, -0.2) is 0 Å². The summed E-state index contributed by atoms with van der Waals surface area (Å²) in [6.45, 7) is 5.83. The highest BCUT2D eigenvalue weighted by molar-refractivity contribution is 5.69. The molecule has 4 heteroatoms. The van der Waals surface area contributed by atoms with Crippen LogP contribution < -0.4 is 5.32 Å². The number of ether oxygens (including phenoxy) is 1. The number of hydrogen-bond acceptors (Lipinski definition) is 4. The number of esters is 1. The molecule has 1 rings (SSSR count). The Kier molecular flexibility index (Phi) is 6.25. The molecule has 0 aromatic carbocycles. The summed E-state index contributed by atoms with van der Waals surface area (Å²) in [5.74, 6) is -0.122. The third kappa shape index (κ3) is 6.02. The fourth-order valence-corrected chi connectivity index (χ4v) is 1.41. The Labute approximate surface area is 102 Å². The molecule has 0 aliphatic carbocycles. The maximum atomic E-state index is 11.1. The second-order valence-electron chi connectivity index (χ2n) is 3.91. The Morgan fingerprint density at radius 3 is 2.94 bits per heavy atom. The normalized spacial score (nSPS) is 10.2. The molecule has 1 heterocycles. The van der Waals surface area contributed by atoms with Gasteiger partial charge in [0.05, 0.1) is 12.3 Å². The number of pyridine rings is 1. The number of aryl methyl sites for hydroxylation is 1. The predicted molar refractivity (Wildman–Crippen MR) is 66.5 cm³/mol. The molecule has 0 aliphatic heterocycles. The van der Waals surface area contributed by atoms with E-state index in [9.17, 15) is 4.79 Å². The standard InChI is InChI=1S/C13H20N2O2/c1-3-17-13(16)5-4-8-14-10-12-7-6-11(2)9-15-12/h6-7,9,14H,3-5,8,10H2,1-2H3. The Hall–Kier alpha value is -1.42. The second-order valence-corrected chi connectivity index (χ2v) is 3.91. The van der Waals surface area contributed by atoms with Crippen molar-refractivity contribution in [3.63, 3.8) is 0 Å². The first-order chi connectivity index (χ1) is 8.22. The molecule has 4 nitrogen and oxygen atoms in total. The zero-order valence-electron chi connectivity index (χ0n) is 10.5. The van der Waals surface area contributed by atoms with E-state index in [2.05, 4.69) is 10.3 Å². The summed E-state index contributed by atoms with van der Waals surface area (Å²) in [4.78, 5) is 15.3. The van der Waals surface area contributed by atoms with Gasteiger partial charge < -0.3 is 10.1 Å². The van der Waals surface area contributed by atoms with Gasteiger partial charge in [0.1, 0.15) is 0 Å². The lowest BCUT2D eigenvalue weighted by Gasteiger charge is -2.04. The van der Waals surface area contributed by atoms with Gasteiger partial charge >= 0.3 is 5.97 Å². The Bertz CT molecular complexity index is 336. The van der Waals surface area contributed by atoms with E-state index in [4.69, 9.17) is 4.74 Å². The molecule has 0 radical (unpaired) electrons. The van der Waals surface area contributed by atoms with Crippen LogP contribution in [0.25, 0.3) is 0 Å². The average molecular weight is 236 g/mol. The molecule has 0 unspecified atom stereocenters. The summed E-state index contributed by atoms with van der Waals surface area (Å²) in [6, 6.07) is 4.05. The van der Waals surface area contributed by atoms with E-state index in [0.29, 0.717) is 13.0 Å². The van der Waals surface area contributed by atoms with Crippen molar-refractivity contribution < 1.29 is 9.53 Å². The van der Waals surface area contributed by atoms with Crippen molar-refractivity contribution in [3.05, 3.63) is 29.6 Å². The van der Waals surface area contributed by atoms with Gasteiger partial charge in [0.15, 0.2) is 0 Å². The Morgan fingerprint density at radius 2 is 2.29 bits per heavy atom. The minimum atomic E-state index is -0.122. The van der Waals surface area contributed by atoms with Gasteiger partial charge in [0.2, 0.25) is 0 Å². The van der Waals surface area contributed by atoms with E-state index in [0.717, 1.165) is 30.8 Å². The quantitative estimate of drug-likeness (QED) is 0.579. The highest BCUT2D eigenvalue weighted by Gasteiger charge is 2.00. The number of hydrogen-bond donors (Lipinski definition) is 1. The highest BCUT2D eigenvalue weighted by Crippen LogP contribution is 1.98. The monoisotopic (exact) mass is 236 g/mol. The predicted octanol–water partition coefficient (Wildman–Crippen LogP) is 1.82. The largest absolute Gasteiger partial charge is 0.466 e. The first-order valence-corrected chi connectivity index (χ1v) is 6.00. The summed E-state index contributed by atoms with van der Waals surface area (Å²) in [7, 11) is 0. The van der Waals surface area contributed by atoms with Crippen molar-refractivity contribution in [1.82, 2.24) is 10.3 Å². The molecule has 0 amide bonds. The van der Waals surface area contributed by atoms with Crippen LogP contribution in [0.3, 0.4) is 0 Å². The number of rotatable bonds is 7. The first-order valence-electron chi connectivity index (χ1n) is 6.00. The van der Waals surface area contributed by atoms with Gasteiger partial charge in [-0.3, -0.25) is 9.78 Å². The molecule has 0 aliphatic rings. The van der Waals surface area contributed by atoms with Crippen LogP contribution in [0.5, 0.6) is 0 Å². The lowest BCUT2D eigenvalue weighted by Crippen LogP contribution is -2.17. The second kappa shape index (κ2) is 7.79. The molecule has 1 N–H and O–H groups in total. The van der Waals surface area contributed by atoms with Gasteiger partial charge in [0, 0.05) is 19.2 Å². The van der Waals surface area contributed by atoms with Crippen molar-refractivity contribution in [2.75, 3.05) is 13.2 Å². The molecule has 0 fully saturated rings. The van der Waals surface area contributed by atoms with Gasteiger partial charge in [-0.2, -0.15) is 0 Å². The van der Waals surface area contributed by atoms with Crippen LogP contribution in [-0.2, 0) is 16.1 Å². The Balaban J connectivity index is 2.08. The van der Waals surface area contributed by atoms with Gasteiger partial charge in [0.25, 0.3) is 0 Å². The molecular formula is C13H20N2O2. The number of nitrogens with one attached hydrogen (secondary N) is 1. The zero-order valence-corrected chi connectivity index (χ0v) is 10.5. The highest BCUT2D eigenvalue weighted by atomic mass is 16.5. The van der Waals surface area contributed by atoms with Crippen LogP contribution in [-0.4, -0.2) is 24.1 Å². The molecular weight excluding hydrogens is 216 g/mol. The summed E-state index contributed by atoms with van der Waals surface area (Å²) in [5, 5.41) is 3.25. The van der Waals surface area contributed by atoms with Crippen molar-refractivity contribution in [2.45, 2.75) is 33.2 Å². The molecule has 94 valence electrons. The lowest BCUT2D eigenvalue weighted by molar-refractivity contribution is -0.143. The van der Waals surface area contributed by atoms with Crippen molar-refractivity contribution in [1.29, 1.82) is 0 Å². The molecule has 1 aromatic rings. The number of carbonyl (C=O) groups excluding carboxylic acids is 1. The van der Waals surface area contributed by atoms with E-state index in [1.807, 2.05) is 32.2 Å². The Morgan fingerprint density at radius 1 is 1.47 bits per heavy atom. The topological polar surface area (TPSA) is 51.2 Å². The molecule has 0 bridgehead atoms. The summed E-state index contributed by atoms with van der Waals surface area (Å²) in [5.41, 5.74) is 2.18. The van der Waals surface area contributed by atoms with E-state index in [-0.39, 0.29) is 5.97 Å². The maximum Gasteiger partial charge on any atom is 0.305 e. The maximum absolute atomic E-state index is 11.1. The van der Waals surface area contributed by atoms with E-state index in [1.165, 1.54) is 0 Å². The van der Waals surface area contributed by atoms with Crippen LogP contribution >= 0.6 is 0 Å². The summed E-state index contributed by atoms with van der Waals surface area (Å²) < 4.78 is 4.84. The van der Waals surface area contributed by atoms with Crippen LogP contribution in [0, 0.1) is 6.92 Å². The van der Waals surface area contributed by atoms with Crippen molar-refractivity contribution in [3.8, 4) is 0 Å². The zero-order chi connectivity index (χ0) is 12.5. The molecule has 0 saturated heterocycles. The van der Waals surface area contributed by atoms with Crippen LogP contribution in [0.2, 0.25) is 0 Å². The van der Waals surface area contributed by atoms with Crippen LogP contribution in [0.1, 0.15) is 31.0 Å². The minimum Gasteiger partial charge on any atom is -0.466 e. The van der Waals surface area contributed by atoms with Gasteiger partial charge in [-0.1, -0.05) is 6.07 Å². The third-order valence-electron chi connectivity index (χ3n) is 2.32. The molecule has 17 heavy (non-hydrogen) atoms. The number of nitrogens with zero attached hydrogens (tertiary/aromatic N) is 1. The van der Waals surface area contributed by atoms with Crippen molar-refractivity contribution >= 4 is 5.97 Å². The SMILES string of the molecule is CCOC(=O)CCCNCc1ccc(C)cn1. The molecule has 0 atom stereocenters. The van der Waals surface area contributed by atoms with Crippen LogP contribution in [0.4, 0.5) is 0 Å². The fraction of sp³-hybridized carbons (Fsp3) is 0.538. The smallest absolute Gasteiger partial charge is 0.305 e. The number of carbonyl (C=O) groups is 1. The van der Waals surface area contributed by atoms with Gasteiger partial charge in [-0.15, -0.1) is 0 Å².